The molecule has 2 rings (SSSR count). The van der Waals surface area contributed by atoms with E-state index in [-0.39, 0.29) is 6.61 Å². The first kappa shape index (κ1) is 10.8. The molecule has 0 radical (unpaired) electrons. The maximum atomic E-state index is 9.72. The van der Waals surface area contributed by atoms with Crippen molar-refractivity contribution in [3.8, 4) is 5.75 Å². The monoisotopic (exact) mass is 218 g/mol. The molecule has 1 aromatic heterocycles. The Bertz CT molecular complexity index is 434. The van der Waals surface area contributed by atoms with Gasteiger partial charge in [-0.05, 0) is 36.8 Å². The first-order valence-corrected chi connectivity index (χ1v) is 5.16. The Morgan fingerprint density at radius 2 is 2.19 bits per heavy atom. The van der Waals surface area contributed by atoms with Gasteiger partial charge in [0.1, 0.15) is 24.2 Å². The van der Waals surface area contributed by atoms with Gasteiger partial charge in [0.15, 0.2) is 0 Å². The molecule has 0 aliphatic heterocycles. The molecule has 84 valence electrons. The van der Waals surface area contributed by atoms with Crippen molar-refractivity contribution < 1.29 is 14.3 Å². The molecule has 3 nitrogen and oxygen atoms in total. The number of aliphatic hydroxyl groups excluding tert-OH is 1. The minimum absolute atomic E-state index is 0.191. The van der Waals surface area contributed by atoms with Crippen LogP contribution in [0.2, 0.25) is 0 Å². The van der Waals surface area contributed by atoms with Crippen LogP contribution >= 0.6 is 0 Å². The van der Waals surface area contributed by atoms with E-state index in [9.17, 15) is 5.11 Å². The number of furan rings is 1. The molecule has 1 N–H and O–H groups in total. The number of hydrogen-bond acceptors (Lipinski definition) is 3. The van der Waals surface area contributed by atoms with Crippen molar-refractivity contribution in [1.29, 1.82) is 0 Å². The molecule has 0 bridgehead atoms. The smallest absolute Gasteiger partial charge is 0.145 e. The second-order valence-electron chi connectivity index (χ2n) is 3.66. The first-order chi connectivity index (χ1) is 7.75. The van der Waals surface area contributed by atoms with Gasteiger partial charge >= 0.3 is 0 Å². The summed E-state index contributed by atoms with van der Waals surface area (Å²) in [5, 5.41) is 9.72. The third kappa shape index (κ3) is 2.64. The van der Waals surface area contributed by atoms with Crippen molar-refractivity contribution in [3.63, 3.8) is 0 Å². The van der Waals surface area contributed by atoms with Crippen molar-refractivity contribution in [1.82, 2.24) is 0 Å². The van der Waals surface area contributed by atoms with Crippen LogP contribution in [0.4, 0.5) is 0 Å². The van der Waals surface area contributed by atoms with Crippen LogP contribution < -0.4 is 4.74 Å². The normalized spacial score (nSPS) is 12.4. The number of rotatable bonds is 4. The second kappa shape index (κ2) is 4.86. The lowest BCUT2D eigenvalue weighted by Gasteiger charge is -2.10. The van der Waals surface area contributed by atoms with E-state index in [1.54, 1.807) is 12.1 Å². The Balaban J connectivity index is 1.92. The van der Waals surface area contributed by atoms with E-state index in [4.69, 9.17) is 9.15 Å². The highest BCUT2D eigenvalue weighted by atomic mass is 16.5. The molecule has 0 aliphatic rings. The summed E-state index contributed by atoms with van der Waals surface area (Å²) in [4.78, 5) is 0. The average Bonchev–Trinajstić information content (AvgIpc) is 2.79. The first-order valence-electron chi connectivity index (χ1n) is 5.16. The highest BCUT2D eigenvalue weighted by Crippen LogP contribution is 2.17. The average molecular weight is 218 g/mol. The molecule has 2 aromatic rings. The Morgan fingerprint density at radius 1 is 1.31 bits per heavy atom. The Kier molecular flexibility index (Phi) is 3.27. The van der Waals surface area contributed by atoms with Crippen LogP contribution in [-0.2, 0) is 0 Å². The van der Waals surface area contributed by atoms with Crippen LogP contribution in [0.15, 0.2) is 47.1 Å². The van der Waals surface area contributed by atoms with E-state index in [0.717, 1.165) is 11.3 Å². The molecule has 0 fully saturated rings. The number of aliphatic hydroxyl groups is 1. The maximum Gasteiger partial charge on any atom is 0.145 e. The number of benzene rings is 1. The van der Waals surface area contributed by atoms with Crippen LogP contribution in [0.1, 0.15) is 17.4 Å². The van der Waals surface area contributed by atoms with E-state index in [2.05, 4.69) is 0 Å². The largest absolute Gasteiger partial charge is 0.490 e. The summed E-state index contributed by atoms with van der Waals surface area (Å²) in [6, 6.07) is 11.2. The van der Waals surface area contributed by atoms with Crippen LogP contribution in [0, 0.1) is 6.92 Å². The van der Waals surface area contributed by atoms with Crippen LogP contribution in [0.3, 0.4) is 0 Å². The minimum atomic E-state index is -0.726. The molecular weight excluding hydrogens is 204 g/mol. The molecule has 1 heterocycles. The zero-order valence-electron chi connectivity index (χ0n) is 9.09. The van der Waals surface area contributed by atoms with Gasteiger partial charge in [-0.25, -0.2) is 0 Å². The van der Waals surface area contributed by atoms with Crippen molar-refractivity contribution in [3.05, 3.63) is 54.0 Å². The molecular formula is C13H14O3. The van der Waals surface area contributed by atoms with Gasteiger partial charge in [-0.15, -0.1) is 0 Å². The molecule has 0 spiro atoms. The van der Waals surface area contributed by atoms with Gasteiger partial charge < -0.3 is 14.3 Å². The van der Waals surface area contributed by atoms with Gasteiger partial charge in [0, 0.05) is 0 Å². The Morgan fingerprint density at radius 3 is 2.88 bits per heavy atom. The highest BCUT2D eigenvalue weighted by molar-refractivity contribution is 5.27. The van der Waals surface area contributed by atoms with Gasteiger partial charge in [0.25, 0.3) is 0 Å². The lowest BCUT2D eigenvalue weighted by molar-refractivity contribution is 0.0888. The highest BCUT2D eigenvalue weighted by Gasteiger charge is 2.10. The van der Waals surface area contributed by atoms with E-state index in [0.29, 0.717) is 5.76 Å². The SMILES string of the molecule is Cc1cccc(OCC(O)c2ccco2)c1. The summed E-state index contributed by atoms with van der Waals surface area (Å²) in [6.45, 7) is 2.19. The van der Waals surface area contributed by atoms with Gasteiger partial charge in [-0.1, -0.05) is 12.1 Å². The van der Waals surface area contributed by atoms with Crippen molar-refractivity contribution in [2.45, 2.75) is 13.0 Å². The van der Waals surface area contributed by atoms with Crippen molar-refractivity contribution in [2.24, 2.45) is 0 Å². The molecule has 1 aromatic carbocycles. The third-order valence-corrected chi connectivity index (χ3v) is 2.27. The summed E-state index contributed by atoms with van der Waals surface area (Å²) in [6.07, 6.45) is 0.807. The molecule has 0 aliphatic carbocycles. The van der Waals surface area contributed by atoms with Crippen LogP contribution in [0.5, 0.6) is 5.75 Å². The third-order valence-electron chi connectivity index (χ3n) is 2.27. The van der Waals surface area contributed by atoms with Gasteiger partial charge in [0.2, 0.25) is 0 Å². The zero-order valence-corrected chi connectivity index (χ0v) is 9.09. The lowest BCUT2D eigenvalue weighted by Crippen LogP contribution is -2.08. The fourth-order valence-electron chi connectivity index (χ4n) is 1.44. The predicted octanol–water partition coefficient (Wildman–Crippen LogP) is 2.70. The lowest BCUT2D eigenvalue weighted by atomic mass is 10.2. The summed E-state index contributed by atoms with van der Waals surface area (Å²) >= 11 is 0. The topological polar surface area (TPSA) is 42.6 Å². The van der Waals surface area contributed by atoms with E-state index >= 15 is 0 Å². The summed E-state index contributed by atoms with van der Waals surface area (Å²) in [5.74, 6) is 1.28. The standard InChI is InChI=1S/C13H14O3/c1-10-4-2-5-11(8-10)16-9-12(14)13-6-3-7-15-13/h2-8,12,14H,9H2,1H3. The summed E-state index contributed by atoms with van der Waals surface area (Å²) in [5.41, 5.74) is 1.13. The number of aryl methyl sites for hydroxylation is 1. The molecule has 16 heavy (non-hydrogen) atoms. The van der Waals surface area contributed by atoms with Crippen molar-refractivity contribution >= 4 is 0 Å². The molecule has 0 amide bonds. The molecule has 3 heteroatoms. The van der Waals surface area contributed by atoms with Gasteiger partial charge in [0.05, 0.1) is 6.26 Å². The van der Waals surface area contributed by atoms with Gasteiger partial charge in [-0.3, -0.25) is 0 Å². The number of hydrogen-bond donors (Lipinski definition) is 1. The van der Waals surface area contributed by atoms with E-state index < -0.39 is 6.10 Å². The van der Waals surface area contributed by atoms with Gasteiger partial charge in [-0.2, -0.15) is 0 Å². The molecule has 0 saturated heterocycles. The summed E-state index contributed by atoms with van der Waals surface area (Å²) < 4.78 is 10.5. The minimum Gasteiger partial charge on any atom is -0.490 e. The maximum absolute atomic E-state index is 9.72. The molecule has 0 saturated carbocycles. The Hall–Kier alpha value is -1.74. The zero-order chi connectivity index (χ0) is 11.4. The van der Waals surface area contributed by atoms with Crippen molar-refractivity contribution in [2.75, 3.05) is 6.61 Å². The quantitative estimate of drug-likeness (QED) is 0.857. The van der Waals surface area contributed by atoms with E-state index in [1.165, 1.54) is 6.26 Å². The Labute approximate surface area is 94.3 Å². The summed E-state index contributed by atoms with van der Waals surface area (Å²) in [7, 11) is 0. The second-order valence-corrected chi connectivity index (χ2v) is 3.66. The van der Waals surface area contributed by atoms with E-state index in [1.807, 2.05) is 31.2 Å². The fourth-order valence-corrected chi connectivity index (χ4v) is 1.44. The van der Waals surface area contributed by atoms with Crippen LogP contribution in [-0.4, -0.2) is 11.7 Å². The number of ether oxygens (including phenoxy) is 1. The van der Waals surface area contributed by atoms with Crippen LogP contribution in [0.25, 0.3) is 0 Å². The fraction of sp³-hybridized carbons (Fsp3) is 0.231. The molecule has 1 unspecified atom stereocenters. The molecule has 1 atom stereocenters. The predicted molar refractivity (Wildman–Crippen MR) is 60.3 cm³/mol.